The number of hydrogen-bond donors (Lipinski definition) is 2. The molecule has 2 N–H and O–H groups in total. The van der Waals surface area contributed by atoms with Gasteiger partial charge in [0.2, 0.25) is 5.91 Å². The third-order valence-corrected chi connectivity index (χ3v) is 6.18. The molecule has 4 amide bonds. The van der Waals surface area contributed by atoms with Crippen LogP contribution in [0, 0.1) is 0 Å². The second kappa shape index (κ2) is 8.48. The van der Waals surface area contributed by atoms with Crippen LogP contribution in [-0.2, 0) is 15.1 Å². The Kier molecular flexibility index (Phi) is 5.34. The van der Waals surface area contributed by atoms with E-state index in [2.05, 4.69) is 10.6 Å². The van der Waals surface area contributed by atoms with Crippen molar-refractivity contribution >= 4 is 34.3 Å². The fraction of sp³-hybridized carbons (Fsp3) is 0.107. The van der Waals surface area contributed by atoms with Gasteiger partial charge in [0, 0.05) is 5.69 Å². The molecule has 5 rings (SSSR count). The number of nitrogens with one attached hydrogen (secondary N) is 2. The van der Waals surface area contributed by atoms with Gasteiger partial charge in [0.1, 0.15) is 12.1 Å². The number of hydrogen-bond acceptors (Lipinski definition) is 3. The summed E-state index contributed by atoms with van der Waals surface area (Å²) < 4.78 is 0. The molecule has 0 spiro atoms. The highest BCUT2D eigenvalue weighted by atomic mass is 16.2. The lowest BCUT2D eigenvalue weighted by Gasteiger charge is -2.24. The Hall–Kier alpha value is -4.45. The molecular formula is C28H23N3O3. The molecule has 6 heteroatoms. The quantitative estimate of drug-likeness (QED) is 0.425. The minimum Gasteiger partial charge on any atom is -0.325 e. The van der Waals surface area contributed by atoms with Crippen LogP contribution in [0.15, 0.2) is 97.1 Å². The molecule has 1 atom stereocenters. The van der Waals surface area contributed by atoms with Gasteiger partial charge in [-0.3, -0.25) is 14.5 Å². The average Bonchev–Trinajstić information content (AvgIpc) is 3.08. The highest BCUT2D eigenvalue weighted by molar-refractivity contribution is 6.11. The van der Waals surface area contributed by atoms with Crippen molar-refractivity contribution in [3.05, 3.63) is 103 Å². The standard InChI is InChI=1S/C28H23N3O3/c1-28(24-13-7-11-21-10-5-6-12-23(21)24)26(33)31(27(34)30-28)18-25(32)29-22-16-14-20(15-17-22)19-8-3-2-4-9-19/h2-17H,18H2,1H3,(H,29,32)(H,30,34)/t28-/m1/s1. The molecule has 0 bridgehead atoms. The second-order valence-corrected chi connectivity index (χ2v) is 8.46. The minimum atomic E-state index is -1.25. The van der Waals surface area contributed by atoms with E-state index < -0.39 is 23.4 Å². The van der Waals surface area contributed by atoms with Crippen LogP contribution in [0.2, 0.25) is 0 Å². The Labute approximate surface area is 197 Å². The predicted molar refractivity (Wildman–Crippen MR) is 132 cm³/mol. The highest BCUT2D eigenvalue weighted by Crippen LogP contribution is 2.33. The van der Waals surface area contributed by atoms with Gasteiger partial charge >= 0.3 is 6.03 Å². The molecular weight excluding hydrogens is 426 g/mol. The molecule has 4 aromatic carbocycles. The molecule has 6 nitrogen and oxygen atoms in total. The summed E-state index contributed by atoms with van der Waals surface area (Å²) in [5.41, 5.74) is 2.14. The van der Waals surface area contributed by atoms with Gasteiger partial charge in [-0.1, -0.05) is 84.9 Å². The van der Waals surface area contributed by atoms with Crippen LogP contribution >= 0.6 is 0 Å². The molecule has 168 valence electrons. The summed E-state index contributed by atoms with van der Waals surface area (Å²) in [7, 11) is 0. The Morgan fingerprint density at radius 2 is 1.47 bits per heavy atom. The summed E-state index contributed by atoms with van der Waals surface area (Å²) in [6.07, 6.45) is 0. The summed E-state index contributed by atoms with van der Waals surface area (Å²) in [5, 5.41) is 7.41. The summed E-state index contributed by atoms with van der Waals surface area (Å²) in [6.45, 7) is 1.31. The van der Waals surface area contributed by atoms with E-state index in [1.807, 2.05) is 84.9 Å². The number of benzene rings is 4. The van der Waals surface area contributed by atoms with Crippen LogP contribution in [0.5, 0.6) is 0 Å². The van der Waals surface area contributed by atoms with Crippen molar-refractivity contribution in [2.24, 2.45) is 0 Å². The van der Waals surface area contributed by atoms with E-state index in [0.717, 1.165) is 26.8 Å². The third kappa shape index (κ3) is 3.79. The molecule has 0 aliphatic carbocycles. The van der Waals surface area contributed by atoms with Gasteiger partial charge in [-0.15, -0.1) is 0 Å². The first-order chi connectivity index (χ1) is 16.5. The van der Waals surface area contributed by atoms with Crippen LogP contribution in [0.25, 0.3) is 21.9 Å². The first-order valence-electron chi connectivity index (χ1n) is 11.0. The Bertz CT molecular complexity index is 1390. The molecule has 4 aromatic rings. The Morgan fingerprint density at radius 3 is 2.24 bits per heavy atom. The van der Waals surface area contributed by atoms with Gasteiger partial charge in [0.15, 0.2) is 0 Å². The van der Waals surface area contributed by atoms with Crippen molar-refractivity contribution in [3.8, 4) is 11.1 Å². The number of imide groups is 1. The molecule has 0 saturated carbocycles. The number of carbonyl (C=O) groups excluding carboxylic acids is 3. The summed E-state index contributed by atoms with van der Waals surface area (Å²) in [5.74, 6) is -0.901. The second-order valence-electron chi connectivity index (χ2n) is 8.46. The lowest BCUT2D eigenvalue weighted by molar-refractivity contribution is -0.133. The summed E-state index contributed by atoms with van der Waals surface area (Å²) >= 11 is 0. The van der Waals surface area contributed by atoms with Crippen molar-refractivity contribution in [1.82, 2.24) is 10.2 Å². The lowest BCUT2D eigenvalue weighted by Crippen LogP contribution is -2.42. The van der Waals surface area contributed by atoms with E-state index in [9.17, 15) is 14.4 Å². The Balaban J connectivity index is 1.31. The van der Waals surface area contributed by atoms with E-state index in [4.69, 9.17) is 0 Å². The SMILES string of the molecule is C[C@]1(c2cccc3ccccc23)NC(=O)N(CC(=O)Nc2ccc(-c3ccccc3)cc2)C1=O. The van der Waals surface area contributed by atoms with Crippen molar-refractivity contribution in [2.45, 2.75) is 12.5 Å². The number of rotatable bonds is 5. The maximum Gasteiger partial charge on any atom is 0.325 e. The van der Waals surface area contributed by atoms with Crippen LogP contribution < -0.4 is 10.6 Å². The molecule has 0 unspecified atom stereocenters. The number of fused-ring (bicyclic) bond motifs is 1. The van der Waals surface area contributed by atoms with Crippen LogP contribution in [-0.4, -0.2) is 29.3 Å². The van der Waals surface area contributed by atoms with Gasteiger partial charge in [-0.2, -0.15) is 0 Å². The molecule has 1 aliphatic rings. The zero-order chi connectivity index (χ0) is 23.7. The van der Waals surface area contributed by atoms with E-state index in [0.29, 0.717) is 11.3 Å². The average molecular weight is 450 g/mol. The lowest BCUT2D eigenvalue weighted by atomic mass is 9.88. The first kappa shape index (κ1) is 21.4. The minimum absolute atomic E-state index is 0.370. The monoisotopic (exact) mass is 449 g/mol. The zero-order valence-electron chi connectivity index (χ0n) is 18.6. The van der Waals surface area contributed by atoms with Crippen LogP contribution in [0.4, 0.5) is 10.5 Å². The molecule has 0 aromatic heterocycles. The van der Waals surface area contributed by atoms with Gasteiger partial charge in [-0.25, -0.2) is 4.79 Å². The zero-order valence-corrected chi connectivity index (χ0v) is 18.6. The number of anilines is 1. The first-order valence-corrected chi connectivity index (χ1v) is 11.0. The summed E-state index contributed by atoms with van der Waals surface area (Å²) in [4.78, 5) is 39.7. The van der Waals surface area contributed by atoms with E-state index in [1.54, 1.807) is 19.1 Å². The number of nitrogens with zero attached hydrogens (tertiary/aromatic N) is 1. The largest absolute Gasteiger partial charge is 0.325 e. The van der Waals surface area contributed by atoms with Crippen molar-refractivity contribution in [3.63, 3.8) is 0 Å². The molecule has 1 saturated heterocycles. The Morgan fingerprint density at radius 1 is 0.824 bits per heavy atom. The molecule has 1 heterocycles. The van der Waals surface area contributed by atoms with E-state index >= 15 is 0 Å². The third-order valence-electron chi connectivity index (χ3n) is 6.18. The number of urea groups is 1. The van der Waals surface area contributed by atoms with Gasteiger partial charge in [0.25, 0.3) is 5.91 Å². The molecule has 0 radical (unpaired) electrons. The molecule has 1 fully saturated rings. The van der Waals surface area contributed by atoms with Gasteiger partial charge < -0.3 is 10.6 Å². The number of carbonyl (C=O) groups is 3. The summed E-state index contributed by atoms with van der Waals surface area (Å²) in [6, 6.07) is 30.1. The van der Waals surface area contributed by atoms with E-state index in [1.165, 1.54) is 0 Å². The van der Waals surface area contributed by atoms with Gasteiger partial charge in [-0.05, 0) is 46.5 Å². The molecule has 34 heavy (non-hydrogen) atoms. The topological polar surface area (TPSA) is 78.5 Å². The van der Waals surface area contributed by atoms with E-state index in [-0.39, 0.29) is 6.54 Å². The van der Waals surface area contributed by atoms with Crippen LogP contribution in [0.1, 0.15) is 12.5 Å². The van der Waals surface area contributed by atoms with Crippen molar-refractivity contribution in [1.29, 1.82) is 0 Å². The fourth-order valence-electron chi connectivity index (χ4n) is 4.41. The highest BCUT2D eigenvalue weighted by Gasteiger charge is 2.50. The molecule has 1 aliphatic heterocycles. The number of amides is 4. The van der Waals surface area contributed by atoms with Crippen molar-refractivity contribution in [2.75, 3.05) is 11.9 Å². The normalized spacial score (nSPS) is 17.6. The predicted octanol–water partition coefficient (Wildman–Crippen LogP) is 4.91. The maximum atomic E-state index is 13.3. The smallest absolute Gasteiger partial charge is 0.325 e. The van der Waals surface area contributed by atoms with Crippen molar-refractivity contribution < 1.29 is 14.4 Å². The maximum absolute atomic E-state index is 13.3. The van der Waals surface area contributed by atoms with Crippen LogP contribution in [0.3, 0.4) is 0 Å². The van der Waals surface area contributed by atoms with Gasteiger partial charge in [0.05, 0.1) is 0 Å². The fourth-order valence-corrected chi connectivity index (χ4v) is 4.41.